The third-order valence-corrected chi connectivity index (χ3v) is 6.05. The van der Waals surface area contributed by atoms with Crippen molar-refractivity contribution in [3.8, 4) is 0 Å². The summed E-state index contributed by atoms with van der Waals surface area (Å²) in [7, 11) is 1.70. The van der Waals surface area contributed by atoms with Gasteiger partial charge in [0.05, 0.1) is 12.6 Å². The molecule has 0 radical (unpaired) electrons. The molecule has 0 spiro atoms. The minimum absolute atomic E-state index is 0.0397. The van der Waals surface area contributed by atoms with E-state index < -0.39 is 11.9 Å². The lowest BCUT2D eigenvalue weighted by molar-refractivity contribution is -0.137. The summed E-state index contributed by atoms with van der Waals surface area (Å²) < 4.78 is 5.43. The van der Waals surface area contributed by atoms with Crippen molar-refractivity contribution in [1.29, 1.82) is 5.41 Å². The highest BCUT2D eigenvalue weighted by atomic mass is 16.5. The summed E-state index contributed by atoms with van der Waals surface area (Å²) in [6, 6.07) is 6.33. The first-order chi connectivity index (χ1) is 14.9. The van der Waals surface area contributed by atoms with E-state index in [4.69, 9.17) is 15.9 Å². The lowest BCUT2D eigenvalue weighted by atomic mass is 9.92. The molecular formula is C22H31N5O4. The molecule has 1 saturated carbocycles. The predicted octanol–water partition coefficient (Wildman–Crippen LogP) is 1.02. The van der Waals surface area contributed by atoms with E-state index in [-0.39, 0.29) is 36.2 Å². The molecule has 2 fully saturated rings. The maximum absolute atomic E-state index is 12.9. The van der Waals surface area contributed by atoms with Crippen molar-refractivity contribution in [2.75, 3.05) is 25.5 Å². The zero-order chi connectivity index (χ0) is 22.4. The monoisotopic (exact) mass is 429 g/mol. The number of ether oxygens (including phenoxy) is 1. The SMILES string of the molecule is CO[C@H]1CCCC(NC(=O)[C@@H]2CCCN2C(=O)CNc2ccccc2C(=N)C(N)=O)C1. The van der Waals surface area contributed by atoms with Crippen LogP contribution in [0.2, 0.25) is 0 Å². The second-order valence-electron chi connectivity index (χ2n) is 8.11. The molecule has 31 heavy (non-hydrogen) atoms. The van der Waals surface area contributed by atoms with E-state index in [1.54, 1.807) is 36.3 Å². The number of hydrogen-bond donors (Lipinski definition) is 4. The van der Waals surface area contributed by atoms with Crippen LogP contribution in [0.3, 0.4) is 0 Å². The maximum atomic E-state index is 12.9. The van der Waals surface area contributed by atoms with Gasteiger partial charge in [0.15, 0.2) is 0 Å². The molecule has 3 amide bonds. The van der Waals surface area contributed by atoms with Crippen LogP contribution in [0.1, 0.15) is 44.1 Å². The Morgan fingerprint density at radius 2 is 1.97 bits per heavy atom. The highest BCUT2D eigenvalue weighted by molar-refractivity contribution is 6.44. The Balaban J connectivity index is 1.58. The van der Waals surface area contributed by atoms with Gasteiger partial charge in [-0.05, 0) is 44.6 Å². The molecule has 2 aliphatic rings. The second kappa shape index (κ2) is 10.4. The summed E-state index contributed by atoms with van der Waals surface area (Å²) in [4.78, 5) is 38.7. The van der Waals surface area contributed by atoms with Crippen LogP contribution in [0, 0.1) is 5.41 Å². The minimum Gasteiger partial charge on any atom is -0.381 e. The van der Waals surface area contributed by atoms with Crippen molar-refractivity contribution in [3.05, 3.63) is 29.8 Å². The fourth-order valence-corrected chi connectivity index (χ4v) is 4.39. The first kappa shape index (κ1) is 22.7. The number of nitrogens with two attached hydrogens (primary N) is 1. The van der Waals surface area contributed by atoms with E-state index in [0.29, 0.717) is 24.2 Å². The van der Waals surface area contributed by atoms with Crippen molar-refractivity contribution in [1.82, 2.24) is 10.2 Å². The lowest BCUT2D eigenvalue weighted by Crippen LogP contribution is -2.51. The summed E-state index contributed by atoms with van der Waals surface area (Å²) in [5.74, 6) is -1.14. The Morgan fingerprint density at radius 1 is 1.19 bits per heavy atom. The van der Waals surface area contributed by atoms with E-state index in [9.17, 15) is 14.4 Å². The Labute approximate surface area is 182 Å². The molecule has 1 aromatic carbocycles. The number of likely N-dealkylation sites (tertiary alicyclic amines) is 1. The summed E-state index contributed by atoms with van der Waals surface area (Å²) in [6.07, 6.45) is 5.34. The number of nitrogens with one attached hydrogen (secondary N) is 3. The van der Waals surface area contributed by atoms with Gasteiger partial charge in [-0.15, -0.1) is 0 Å². The van der Waals surface area contributed by atoms with Crippen LogP contribution < -0.4 is 16.4 Å². The van der Waals surface area contributed by atoms with Gasteiger partial charge in [-0.3, -0.25) is 19.8 Å². The van der Waals surface area contributed by atoms with E-state index in [1.807, 2.05) is 0 Å². The molecular weight excluding hydrogens is 398 g/mol. The molecule has 1 saturated heterocycles. The van der Waals surface area contributed by atoms with E-state index in [1.165, 1.54) is 0 Å². The van der Waals surface area contributed by atoms with E-state index in [0.717, 1.165) is 32.1 Å². The van der Waals surface area contributed by atoms with E-state index in [2.05, 4.69) is 10.6 Å². The van der Waals surface area contributed by atoms with Gasteiger partial charge in [0, 0.05) is 30.9 Å². The Kier molecular flexibility index (Phi) is 7.62. The molecule has 0 bridgehead atoms. The maximum Gasteiger partial charge on any atom is 0.267 e. The van der Waals surface area contributed by atoms with Gasteiger partial charge in [0.25, 0.3) is 5.91 Å². The van der Waals surface area contributed by atoms with Gasteiger partial charge < -0.3 is 26.0 Å². The first-order valence-electron chi connectivity index (χ1n) is 10.7. The number of para-hydroxylation sites is 1. The molecule has 168 valence electrons. The summed E-state index contributed by atoms with van der Waals surface area (Å²) in [5, 5.41) is 13.9. The summed E-state index contributed by atoms with van der Waals surface area (Å²) in [5.41, 5.74) is 5.71. The topological polar surface area (TPSA) is 138 Å². The molecule has 1 heterocycles. The molecule has 9 nitrogen and oxygen atoms in total. The molecule has 3 rings (SSSR count). The van der Waals surface area contributed by atoms with Crippen LogP contribution >= 0.6 is 0 Å². The number of nitrogens with zero attached hydrogens (tertiary/aromatic N) is 1. The number of carbonyl (C=O) groups excluding carboxylic acids is 3. The van der Waals surface area contributed by atoms with Gasteiger partial charge in [0.1, 0.15) is 11.8 Å². The van der Waals surface area contributed by atoms with Gasteiger partial charge >= 0.3 is 0 Å². The van der Waals surface area contributed by atoms with Crippen LogP contribution in [0.5, 0.6) is 0 Å². The number of primary amides is 1. The molecule has 5 N–H and O–H groups in total. The van der Waals surface area contributed by atoms with Crippen molar-refractivity contribution in [2.24, 2.45) is 5.73 Å². The molecule has 9 heteroatoms. The van der Waals surface area contributed by atoms with Crippen LogP contribution in [-0.2, 0) is 19.1 Å². The van der Waals surface area contributed by atoms with Crippen molar-refractivity contribution >= 4 is 29.1 Å². The number of methoxy groups -OCH3 is 1. The minimum atomic E-state index is -0.838. The lowest BCUT2D eigenvalue weighted by Gasteiger charge is -2.31. The Morgan fingerprint density at radius 3 is 2.71 bits per heavy atom. The first-order valence-corrected chi connectivity index (χ1v) is 10.7. The van der Waals surface area contributed by atoms with Crippen molar-refractivity contribution < 1.29 is 19.1 Å². The quantitative estimate of drug-likeness (QED) is 0.457. The average Bonchev–Trinajstić information content (AvgIpc) is 3.27. The molecule has 1 unspecified atom stereocenters. The number of amides is 3. The van der Waals surface area contributed by atoms with Crippen LogP contribution in [0.25, 0.3) is 0 Å². The fraction of sp³-hybridized carbons (Fsp3) is 0.545. The second-order valence-corrected chi connectivity index (χ2v) is 8.11. The number of anilines is 1. The smallest absolute Gasteiger partial charge is 0.267 e. The standard InChI is InChI=1S/C22H31N5O4/c1-31-15-7-4-6-14(12-15)26-22(30)18-10-5-11-27(18)19(28)13-25-17-9-3-2-8-16(17)20(23)21(24)29/h2-3,8-9,14-15,18,23,25H,4-7,10-13H2,1H3,(H2,24,29)(H,26,30)/t14?,15-,18-/m0/s1. The number of hydrogen-bond acceptors (Lipinski definition) is 6. The number of benzene rings is 1. The Bertz CT molecular complexity index is 843. The summed E-state index contributed by atoms with van der Waals surface area (Å²) in [6.45, 7) is 0.491. The number of rotatable bonds is 8. The third-order valence-electron chi connectivity index (χ3n) is 6.05. The van der Waals surface area contributed by atoms with Crippen molar-refractivity contribution in [2.45, 2.75) is 56.7 Å². The molecule has 3 atom stereocenters. The molecule has 0 aromatic heterocycles. The Hall–Kier alpha value is -2.94. The summed E-state index contributed by atoms with van der Waals surface area (Å²) >= 11 is 0. The number of carbonyl (C=O) groups is 3. The zero-order valence-electron chi connectivity index (χ0n) is 17.9. The third kappa shape index (κ3) is 5.61. The largest absolute Gasteiger partial charge is 0.381 e. The molecule has 1 aliphatic carbocycles. The molecule has 1 aliphatic heterocycles. The van der Waals surface area contributed by atoms with E-state index >= 15 is 0 Å². The fourth-order valence-electron chi connectivity index (χ4n) is 4.39. The molecule has 1 aromatic rings. The highest BCUT2D eigenvalue weighted by Crippen LogP contribution is 2.23. The van der Waals surface area contributed by atoms with Gasteiger partial charge in [-0.2, -0.15) is 0 Å². The van der Waals surface area contributed by atoms with Gasteiger partial charge in [0.2, 0.25) is 11.8 Å². The van der Waals surface area contributed by atoms with Crippen molar-refractivity contribution in [3.63, 3.8) is 0 Å². The predicted molar refractivity (Wildman–Crippen MR) is 117 cm³/mol. The zero-order valence-corrected chi connectivity index (χ0v) is 17.9. The highest BCUT2D eigenvalue weighted by Gasteiger charge is 2.35. The van der Waals surface area contributed by atoms with Crippen LogP contribution in [0.15, 0.2) is 24.3 Å². The van der Waals surface area contributed by atoms with Gasteiger partial charge in [-0.25, -0.2) is 0 Å². The van der Waals surface area contributed by atoms with Crippen LogP contribution in [0.4, 0.5) is 5.69 Å². The normalized spacial score (nSPS) is 23.3. The van der Waals surface area contributed by atoms with Gasteiger partial charge in [-0.1, -0.05) is 18.2 Å². The van der Waals surface area contributed by atoms with Crippen LogP contribution in [-0.4, -0.2) is 66.7 Å². The average molecular weight is 430 g/mol.